The Balaban J connectivity index is 2.41. The van der Waals surface area contributed by atoms with Gasteiger partial charge in [-0.2, -0.15) is 22.2 Å². The number of phenols is 1. The number of rotatable bonds is 4. The highest BCUT2D eigenvalue weighted by atomic mass is 35.7. The molecule has 0 aliphatic rings. The van der Waals surface area contributed by atoms with Gasteiger partial charge in [0, 0.05) is 0 Å². The minimum atomic E-state index is -1.46. The Morgan fingerprint density at radius 3 is 2.54 bits per heavy atom. The summed E-state index contributed by atoms with van der Waals surface area (Å²) in [5.41, 5.74) is 0.977. The van der Waals surface area contributed by atoms with Crippen LogP contribution in [0.15, 0.2) is 24.3 Å². The number of aryl methyl sites for hydroxylation is 1. The van der Waals surface area contributed by atoms with Crippen molar-refractivity contribution in [3.05, 3.63) is 29.8 Å². The Bertz CT molecular complexity index is 266. The van der Waals surface area contributed by atoms with E-state index in [4.69, 9.17) is 22.2 Å². The van der Waals surface area contributed by atoms with Crippen molar-refractivity contribution in [1.29, 1.82) is 0 Å². The van der Waals surface area contributed by atoms with Crippen LogP contribution in [0.25, 0.3) is 0 Å². The Kier molecular flexibility index (Phi) is 4.63. The summed E-state index contributed by atoms with van der Waals surface area (Å²) in [5.74, 6) is 0.366. The lowest BCUT2D eigenvalue weighted by Gasteiger charge is -2.03. The molecule has 0 amide bonds. The third-order valence-electron chi connectivity index (χ3n) is 1.86. The summed E-state index contributed by atoms with van der Waals surface area (Å²) in [5, 5.41) is 9.42. The standard InChI is InChI=1S/C9H12Cl2OSi/c10-13(11)7-3-5-8-4-1-2-6-9(8)12/h1-2,4,6,12-13H,3,5,7H2. The Hall–Kier alpha value is -0.183. The molecular formula is C9H12Cl2OSi. The van der Waals surface area contributed by atoms with Crippen molar-refractivity contribution < 1.29 is 5.11 Å². The van der Waals surface area contributed by atoms with Gasteiger partial charge in [-0.25, -0.2) is 0 Å². The van der Waals surface area contributed by atoms with Crippen molar-refractivity contribution in [2.45, 2.75) is 18.9 Å². The van der Waals surface area contributed by atoms with Gasteiger partial charge in [-0.1, -0.05) is 18.2 Å². The van der Waals surface area contributed by atoms with Crippen molar-refractivity contribution in [2.75, 3.05) is 0 Å². The molecule has 1 nitrogen and oxygen atoms in total. The third kappa shape index (κ3) is 4.03. The molecule has 0 saturated carbocycles. The average molecular weight is 235 g/mol. The maximum absolute atomic E-state index is 9.42. The smallest absolute Gasteiger partial charge is 0.237 e. The van der Waals surface area contributed by atoms with Crippen molar-refractivity contribution in [3.63, 3.8) is 0 Å². The van der Waals surface area contributed by atoms with Gasteiger partial charge in [0.15, 0.2) is 0 Å². The summed E-state index contributed by atoms with van der Waals surface area (Å²) in [4.78, 5) is 0. The molecule has 13 heavy (non-hydrogen) atoms. The summed E-state index contributed by atoms with van der Waals surface area (Å²) in [6.07, 6.45) is 1.82. The summed E-state index contributed by atoms with van der Waals surface area (Å²) in [6, 6.07) is 8.27. The molecule has 0 aliphatic carbocycles. The first kappa shape index (κ1) is 10.9. The second-order valence-corrected chi connectivity index (χ2v) is 8.10. The lowest BCUT2D eigenvalue weighted by atomic mass is 10.1. The van der Waals surface area contributed by atoms with Crippen molar-refractivity contribution in [2.24, 2.45) is 0 Å². The van der Waals surface area contributed by atoms with Crippen molar-refractivity contribution >= 4 is 29.6 Å². The molecule has 0 bridgehead atoms. The lowest BCUT2D eigenvalue weighted by molar-refractivity contribution is 0.467. The van der Waals surface area contributed by atoms with Crippen LogP contribution in [0.5, 0.6) is 5.75 Å². The van der Waals surface area contributed by atoms with Crippen molar-refractivity contribution in [1.82, 2.24) is 0 Å². The fraction of sp³-hybridized carbons (Fsp3) is 0.333. The molecule has 0 aromatic heterocycles. The summed E-state index contributed by atoms with van der Waals surface area (Å²) >= 11 is 11.5. The van der Waals surface area contributed by atoms with E-state index in [1.807, 2.05) is 18.2 Å². The average Bonchev–Trinajstić information content (AvgIpc) is 2.08. The van der Waals surface area contributed by atoms with Crippen LogP contribution < -0.4 is 0 Å². The zero-order valence-corrected chi connectivity index (χ0v) is 9.88. The summed E-state index contributed by atoms with van der Waals surface area (Å²) in [6.45, 7) is 0. The first-order valence-corrected chi connectivity index (χ1v) is 8.56. The fourth-order valence-electron chi connectivity index (χ4n) is 1.17. The largest absolute Gasteiger partial charge is 0.508 e. The van der Waals surface area contributed by atoms with Gasteiger partial charge in [0.25, 0.3) is 0 Å². The highest BCUT2D eigenvalue weighted by Gasteiger charge is 2.03. The van der Waals surface area contributed by atoms with Crippen LogP contribution in [0, 0.1) is 0 Å². The molecule has 0 unspecified atom stereocenters. The number of hydrogen-bond donors (Lipinski definition) is 1. The molecule has 1 N–H and O–H groups in total. The zero-order chi connectivity index (χ0) is 9.68. The van der Waals surface area contributed by atoms with Gasteiger partial charge < -0.3 is 5.11 Å². The van der Waals surface area contributed by atoms with Gasteiger partial charge in [0.2, 0.25) is 7.42 Å². The van der Waals surface area contributed by atoms with Gasteiger partial charge in [-0.15, -0.1) is 0 Å². The minimum absolute atomic E-state index is 0.366. The van der Waals surface area contributed by atoms with Gasteiger partial charge in [0.1, 0.15) is 5.75 Å². The number of aromatic hydroxyl groups is 1. The molecule has 0 saturated heterocycles. The Morgan fingerprint density at radius 2 is 1.92 bits per heavy atom. The highest BCUT2D eigenvalue weighted by molar-refractivity contribution is 7.33. The van der Waals surface area contributed by atoms with Crippen LogP contribution >= 0.6 is 22.2 Å². The summed E-state index contributed by atoms with van der Waals surface area (Å²) in [7, 11) is -1.46. The SMILES string of the molecule is Oc1ccccc1CCC[SiH](Cl)Cl. The monoisotopic (exact) mass is 234 g/mol. The first-order valence-electron chi connectivity index (χ1n) is 4.25. The van der Waals surface area contributed by atoms with Gasteiger partial charge in [0.05, 0.1) is 0 Å². The maximum atomic E-state index is 9.42. The second kappa shape index (κ2) is 5.53. The fourth-order valence-corrected chi connectivity index (χ4v) is 2.61. The van der Waals surface area contributed by atoms with E-state index in [2.05, 4.69) is 0 Å². The van der Waals surface area contributed by atoms with Crippen LogP contribution in [0.4, 0.5) is 0 Å². The van der Waals surface area contributed by atoms with E-state index in [0.29, 0.717) is 5.75 Å². The molecule has 4 heteroatoms. The van der Waals surface area contributed by atoms with E-state index in [9.17, 15) is 5.11 Å². The van der Waals surface area contributed by atoms with Crippen molar-refractivity contribution in [3.8, 4) is 5.75 Å². The van der Waals surface area contributed by atoms with E-state index in [-0.39, 0.29) is 0 Å². The van der Waals surface area contributed by atoms with E-state index in [1.165, 1.54) is 0 Å². The molecule has 0 heterocycles. The number of phenolic OH excluding ortho intramolecular Hbond substituents is 1. The molecule has 0 spiro atoms. The van der Waals surface area contributed by atoms with Gasteiger partial charge >= 0.3 is 0 Å². The van der Waals surface area contributed by atoms with E-state index in [0.717, 1.165) is 24.4 Å². The molecular weight excluding hydrogens is 223 g/mol. The van der Waals surface area contributed by atoms with Crippen LogP contribution in [-0.4, -0.2) is 12.5 Å². The second-order valence-electron chi connectivity index (χ2n) is 2.91. The number of benzene rings is 1. The molecule has 1 rings (SSSR count). The molecule has 1 aromatic carbocycles. The van der Waals surface area contributed by atoms with E-state index >= 15 is 0 Å². The normalized spacial score (nSPS) is 10.7. The predicted octanol–water partition coefficient (Wildman–Crippen LogP) is 3.02. The topological polar surface area (TPSA) is 20.2 Å². The lowest BCUT2D eigenvalue weighted by Crippen LogP contribution is -1.93. The van der Waals surface area contributed by atoms with Crippen LogP contribution in [0.2, 0.25) is 6.04 Å². The van der Waals surface area contributed by atoms with Crippen LogP contribution in [0.1, 0.15) is 12.0 Å². The van der Waals surface area contributed by atoms with Crippen LogP contribution in [-0.2, 0) is 6.42 Å². The summed E-state index contributed by atoms with van der Waals surface area (Å²) < 4.78 is 0. The van der Waals surface area contributed by atoms with Gasteiger partial charge in [-0.05, 0) is 30.5 Å². The molecule has 0 atom stereocenters. The zero-order valence-electron chi connectivity index (χ0n) is 7.21. The van der Waals surface area contributed by atoms with Gasteiger partial charge in [-0.3, -0.25) is 0 Å². The third-order valence-corrected chi connectivity index (χ3v) is 4.01. The number of hydrogen-bond acceptors (Lipinski definition) is 1. The number of para-hydroxylation sites is 1. The van der Waals surface area contributed by atoms with Crippen LogP contribution in [0.3, 0.4) is 0 Å². The molecule has 1 aromatic rings. The minimum Gasteiger partial charge on any atom is -0.508 e. The first-order chi connectivity index (χ1) is 6.20. The number of halogens is 2. The molecule has 0 aliphatic heterocycles. The molecule has 0 fully saturated rings. The maximum Gasteiger partial charge on any atom is 0.237 e. The highest BCUT2D eigenvalue weighted by Crippen LogP contribution is 2.19. The van der Waals surface area contributed by atoms with E-state index < -0.39 is 7.42 Å². The predicted molar refractivity (Wildman–Crippen MR) is 60.1 cm³/mol. The quantitative estimate of drug-likeness (QED) is 0.628. The van der Waals surface area contributed by atoms with E-state index in [1.54, 1.807) is 6.07 Å². The Labute approximate surface area is 89.3 Å². The molecule has 0 radical (unpaired) electrons. The Morgan fingerprint density at radius 1 is 1.23 bits per heavy atom. The molecule has 72 valence electrons.